The Morgan fingerprint density at radius 2 is 1.67 bits per heavy atom. The molecule has 0 aromatic heterocycles. The minimum Gasteiger partial charge on any atom is -0.452 e. The van der Waals surface area contributed by atoms with E-state index in [2.05, 4.69) is 10.6 Å². The average Bonchev–Trinajstić information content (AvgIpc) is 2.65. The first kappa shape index (κ1) is 21.2. The third kappa shape index (κ3) is 4.98. The lowest BCUT2D eigenvalue weighted by Crippen LogP contribution is -2.62. The highest BCUT2D eigenvalue weighted by Gasteiger charge is 2.51. The van der Waals surface area contributed by atoms with E-state index >= 15 is 0 Å². The van der Waals surface area contributed by atoms with Gasteiger partial charge >= 0.3 is 12.0 Å². The summed E-state index contributed by atoms with van der Waals surface area (Å²) in [5.41, 5.74) is 0.485. The van der Waals surface area contributed by atoms with Crippen molar-refractivity contribution in [3.63, 3.8) is 0 Å². The van der Waals surface area contributed by atoms with Gasteiger partial charge in [0.2, 0.25) is 0 Å². The molecule has 4 saturated carbocycles. The van der Waals surface area contributed by atoms with Crippen LogP contribution in [0.4, 0.5) is 4.79 Å². The van der Waals surface area contributed by atoms with Crippen molar-refractivity contribution in [2.75, 3.05) is 6.61 Å². The summed E-state index contributed by atoms with van der Waals surface area (Å²) in [6, 6.07) is 4.41. The van der Waals surface area contributed by atoms with E-state index in [4.69, 9.17) is 27.9 Å². The highest BCUT2D eigenvalue weighted by atomic mass is 35.5. The van der Waals surface area contributed by atoms with Crippen molar-refractivity contribution in [1.29, 1.82) is 0 Å². The quantitative estimate of drug-likeness (QED) is 0.515. The fourth-order valence-electron chi connectivity index (χ4n) is 5.66. The molecule has 6 nitrogen and oxygen atoms in total. The number of esters is 1. The summed E-state index contributed by atoms with van der Waals surface area (Å²) < 4.78 is 4.90. The lowest BCUT2D eigenvalue weighted by molar-refractivity contribution is -0.143. The van der Waals surface area contributed by atoms with Crippen LogP contribution in [0.3, 0.4) is 0 Å². The number of imide groups is 1. The first-order valence-corrected chi connectivity index (χ1v) is 11.0. The molecule has 1 aromatic rings. The second-order valence-corrected chi connectivity index (χ2v) is 9.63. The number of nitrogens with one attached hydrogen (secondary N) is 2. The van der Waals surface area contributed by atoms with Gasteiger partial charge in [-0.1, -0.05) is 29.3 Å². The highest BCUT2D eigenvalue weighted by molar-refractivity contribution is 6.42. The zero-order valence-corrected chi connectivity index (χ0v) is 18.0. The molecular weight excluding hydrogens is 427 g/mol. The molecule has 0 heterocycles. The Labute approximate surface area is 185 Å². The minimum absolute atomic E-state index is 0.182. The van der Waals surface area contributed by atoms with Crippen LogP contribution in [0.25, 0.3) is 6.08 Å². The fourth-order valence-corrected chi connectivity index (χ4v) is 5.97. The van der Waals surface area contributed by atoms with Crippen LogP contribution in [0.2, 0.25) is 10.0 Å². The number of carbonyl (C=O) groups excluding carboxylic acids is 3. The first-order chi connectivity index (χ1) is 14.3. The summed E-state index contributed by atoms with van der Waals surface area (Å²) in [6.45, 7) is -0.529. The molecule has 0 spiro atoms. The Kier molecular flexibility index (Phi) is 6.07. The van der Waals surface area contributed by atoms with Crippen molar-refractivity contribution >= 4 is 47.2 Å². The fraction of sp³-hybridized carbons (Fsp3) is 0.500. The van der Waals surface area contributed by atoms with Crippen LogP contribution in [0.15, 0.2) is 24.3 Å². The van der Waals surface area contributed by atoms with Crippen molar-refractivity contribution in [3.8, 4) is 0 Å². The van der Waals surface area contributed by atoms with Crippen molar-refractivity contribution in [2.24, 2.45) is 17.8 Å². The number of rotatable bonds is 5. The van der Waals surface area contributed by atoms with E-state index in [1.807, 2.05) is 0 Å². The van der Waals surface area contributed by atoms with Crippen LogP contribution in [0.5, 0.6) is 0 Å². The largest absolute Gasteiger partial charge is 0.452 e. The van der Waals surface area contributed by atoms with Gasteiger partial charge in [-0.15, -0.1) is 0 Å². The maximum Gasteiger partial charge on any atom is 0.331 e. The molecule has 0 saturated heterocycles. The number of hydrogen-bond donors (Lipinski definition) is 2. The predicted octanol–water partition coefficient (Wildman–Crippen LogP) is 4.34. The molecule has 160 valence electrons. The zero-order chi connectivity index (χ0) is 21.3. The Morgan fingerprint density at radius 1 is 1.03 bits per heavy atom. The molecule has 8 heteroatoms. The summed E-state index contributed by atoms with van der Waals surface area (Å²) in [6.07, 6.45) is 9.48. The van der Waals surface area contributed by atoms with E-state index < -0.39 is 24.5 Å². The van der Waals surface area contributed by atoms with Crippen LogP contribution in [-0.2, 0) is 14.3 Å². The number of ether oxygens (including phenoxy) is 1. The summed E-state index contributed by atoms with van der Waals surface area (Å²) >= 11 is 11.8. The van der Waals surface area contributed by atoms with Gasteiger partial charge in [-0.25, -0.2) is 9.59 Å². The smallest absolute Gasteiger partial charge is 0.331 e. The number of amides is 3. The predicted molar refractivity (Wildman–Crippen MR) is 114 cm³/mol. The lowest BCUT2D eigenvalue weighted by Gasteiger charge is -2.56. The molecular formula is C22H24Cl2N2O4. The number of benzene rings is 1. The number of hydrogen-bond acceptors (Lipinski definition) is 4. The van der Waals surface area contributed by atoms with Gasteiger partial charge < -0.3 is 10.1 Å². The van der Waals surface area contributed by atoms with E-state index in [0.29, 0.717) is 33.4 Å². The van der Waals surface area contributed by atoms with Gasteiger partial charge in [-0.2, -0.15) is 0 Å². The van der Waals surface area contributed by atoms with Gasteiger partial charge in [-0.05, 0) is 80.1 Å². The molecule has 0 aliphatic heterocycles. The minimum atomic E-state index is -0.697. The van der Waals surface area contributed by atoms with Crippen molar-refractivity contribution in [3.05, 3.63) is 39.9 Å². The topological polar surface area (TPSA) is 84.5 Å². The van der Waals surface area contributed by atoms with E-state index in [1.165, 1.54) is 31.4 Å². The molecule has 4 aliphatic rings. The van der Waals surface area contributed by atoms with Crippen LogP contribution in [0, 0.1) is 17.8 Å². The normalized spacial score (nSPS) is 29.1. The van der Waals surface area contributed by atoms with Gasteiger partial charge in [0.25, 0.3) is 5.91 Å². The van der Waals surface area contributed by atoms with Crippen molar-refractivity contribution < 1.29 is 19.1 Å². The lowest BCUT2D eigenvalue weighted by atomic mass is 9.53. The third-order valence-electron chi connectivity index (χ3n) is 6.37. The summed E-state index contributed by atoms with van der Waals surface area (Å²) in [4.78, 5) is 36.1. The zero-order valence-electron chi connectivity index (χ0n) is 16.5. The highest BCUT2D eigenvalue weighted by Crippen LogP contribution is 2.55. The molecule has 30 heavy (non-hydrogen) atoms. The maximum absolute atomic E-state index is 12.3. The molecule has 5 rings (SSSR count). The van der Waals surface area contributed by atoms with Crippen LogP contribution < -0.4 is 10.6 Å². The Bertz CT molecular complexity index is 864. The van der Waals surface area contributed by atoms with Gasteiger partial charge in [0.1, 0.15) is 0 Å². The molecule has 4 aliphatic carbocycles. The van der Waals surface area contributed by atoms with E-state index in [-0.39, 0.29) is 5.54 Å². The van der Waals surface area contributed by atoms with Crippen molar-refractivity contribution in [2.45, 2.75) is 44.1 Å². The second kappa shape index (κ2) is 8.60. The molecule has 3 amide bonds. The monoisotopic (exact) mass is 450 g/mol. The van der Waals surface area contributed by atoms with Crippen LogP contribution in [0.1, 0.15) is 44.1 Å². The summed E-state index contributed by atoms with van der Waals surface area (Å²) in [5, 5.41) is 6.11. The number of urea groups is 1. The van der Waals surface area contributed by atoms with Crippen LogP contribution in [-0.4, -0.2) is 30.1 Å². The summed E-state index contributed by atoms with van der Waals surface area (Å²) in [7, 11) is 0. The van der Waals surface area contributed by atoms with Gasteiger partial charge in [0.15, 0.2) is 6.61 Å². The van der Waals surface area contributed by atoms with Crippen LogP contribution >= 0.6 is 23.2 Å². The van der Waals surface area contributed by atoms with E-state index in [1.54, 1.807) is 18.2 Å². The number of halogens is 2. The molecule has 2 N–H and O–H groups in total. The third-order valence-corrected chi connectivity index (χ3v) is 7.11. The van der Waals surface area contributed by atoms with Crippen molar-refractivity contribution in [1.82, 2.24) is 10.6 Å². The molecule has 4 fully saturated rings. The van der Waals surface area contributed by atoms with E-state index in [9.17, 15) is 14.4 Å². The first-order valence-electron chi connectivity index (χ1n) is 10.2. The molecule has 0 atom stereocenters. The molecule has 0 unspecified atom stereocenters. The van der Waals surface area contributed by atoms with Gasteiger partial charge in [0.05, 0.1) is 10.0 Å². The SMILES string of the molecule is O=C(COC(=O)/C=C/c1ccc(Cl)c(Cl)c1)NC(=O)NC12CC3CC(CC(C3)C1)C2. The Balaban J connectivity index is 1.22. The maximum atomic E-state index is 12.3. The van der Waals surface area contributed by atoms with Gasteiger partial charge in [0, 0.05) is 11.6 Å². The van der Waals surface area contributed by atoms with Gasteiger partial charge in [-0.3, -0.25) is 10.1 Å². The number of carbonyl (C=O) groups is 3. The molecule has 4 bridgehead atoms. The Morgan fingerprint density at radius 3 is 2.27 bits per heavy atom. The van der Waals surface area contributed by atoms with E-state index in [0.717, 1.165) is 19.3 Å². The molecule has 0 radical (unpaired) electrons. The standard InChI is InChI=1S/C22H24Cl2N2O4/c23-17-3-1-13(8-18(17)24)2-4-20(28)30-12-19(27)25-21(29)26-22-9-14-5-15(10-22)7-16(6-14)11-22/h1-4,8,14-16H,5-7,9-12H2,(H2,25,26,27,29)/b4-2+. The Hall–Kier alpha value is -2.05. The molecule has 1 aromatic carbocycles. The second-order valence-electron chi connectivity index (χ2n) is 8.81. The average molecular weight is 451 g/mol. The summed E-state index contributed by atoms with van der Waals surface area (Å²) in [5.74, 6) is 0.716.